The summed E-state index contributed by atoms with van der Waals surface area (Å²) in [6.45, 7) is 0.873. The molecule has 1 saturated carbocycles. The summed E-state index contributed by atoms with van der Waals surface area (Å²) < 4.78 is 0. The number of nitrogens with zero attached hydrogens (tertiary/aromatic N) is 1. The molecular formula is C11H13Cl3N2. The number of anilines is 1. The van der Waals surface area contributed by atoms with Crippen LogP contribution in [0, 0.1) is 5.92 Å². The number of pyridine rings is 1. The minimum absolute atomic E-state index is 0.334. The highest BCUT2D eigenvalue weighted by Gasteiger charge is 2.22. The molecule has 16 heavy (non-hydrogen) atoms. The Kier molecular flexibility index (Phi) is 4.17. The third kappa shape index (κ3) is 3.16. The Hall–Kier alpha value is -0.180. The number of hydrogen-bond donors (Lipinski definition) is 1. The fourth-order valence-corrected chi connectivity index (χ4v) is 2.81. The summed E-state index contributed by atoms with van der Waals surface area (Å²) in [6, 6.07) is 1.69. The zero-order valence-corrected chi connectivity index (χ0v) is 11.0. The maximum Gasteiger partial charge on any atom is 0.144 e. The first kappa shape index (κ1) is 12.3. The lowest BCUT2D eigenvalue weighted by Crippen LogP contribution is -2.12. The van der Waals surface area contributed by atoms with Crippen LogP contribution in [0.2, 0.25) is 10.0 Å². The average Bonchev–Trinajstić information content (AvgIpc) is 2.63. The Bertz CT molecular complexity index is 370. The van der Waals surface area contributed by atoms with Gasteiger partial charge in [0.1, 0.15) is 5.82 Å². The van der Waals surface area contributed by atoms with Gasteiger partial charge in [0.2, 0.25) is 0 Å². The van der Waals surface area contributed by atoms with E-state index in [0.717, 1.165) is 19.4 Å². The highest BCUT2D eigenvalue weighted by Crippen LogP contribution is 2.30. The van der Waals surface area contributed by atoms with Crippen LogP contribution in [0.1, 0.15) is 19.3 Å². The number of hydrogen-bond acceptors (Lipinski definition) is 2. The molecule has 5 heteroatoms. The van der Waals surface area contributed by atoms with Crippen molar-refractivity contribution in [2.75, 3.05) is 11.9 Å². The van der Waals surface area contributed by atoms with Crippen molar-refractivity contribution in [3.05, 3.63) is 22.3 Å². The monoisotopic (exact) mass is 278 g/mol. The summed E-state index contributed by atoms with van der Waals surface area (Å²) in [7, 11) is 0. The summed E-state index contributed by atoms with van der Waals surface area (Å²) in [5.74, 6) is 1.32. The van der Waals surface area contributed by atoms with Crippen molar-refractivity contribution in [2.24, 2.45) is 5.92 Å². The molecule has 1 aromatic heterocycles. The van der Waals surface area contributed by atoms with E-state index >= 15 is 0 Å². The summed E-state index contributed by atoms with van der Waals surface area (Å²) in [4.78, 5) is 4.15. The van der Waals surface area contributed by atoms with Crippen molar-refractivity contribution in [3.8, 4) is 0 Å². The molecule has 1 fully saturated rings. The van der Waals surface area contributed by atoms with Gasteiger partial charge in [0.25, 0.3) is 0 Å². The van der Waals surface area contributed by atoms with Gasteiger partial charge in [0.15, 0.2) is 0 Å². The Balaban J connectivity index is 1.89. The molecule has 0 aliphatic heterocycles. The predicted molar refractivity (Wildman–Crippen MR) is 69.7 cm³/mol. The number of aromatic nitrogens is 1. The van der Waals surface area contributed by atoms with Crippen molar-refractivity contribution < 1.29 is 0 Å². The maximum absolute atomic E-state index is 6.05. The maximum atomic E-state index is 6.05. The Morgan fingerprint density at radius 2 is 2.19 bits per heavy atom. The zero-order valence-electron chi connectivity index (χ0n) is 8.72. The second-order valence-corrected chi connectivity index (χ2v) is 5.60. The fraction of sp³-hybridized carbons (Fsp3) is 0.545. The van der Waals surface area contributed by atoms with Gasteiger partial charge in [-0.05, 0) is 31.2 Å². The van der Waals surface area contributed by atoms with Crippen LogP contribution in [0.5, 0.6) is 0 Å². The van der Waals surface area contributed by atoms with E-state index in [2.05, 4.69) is 10.3 Å². The van der Waals surface area contributed by atoms with Crippen molar-refractivity contribution in [3.63, 3.8) is 0 Å². The van der Waals surface area contributed by atoms with Crippen LogP contribution in [-0.2, 0) is 0 Å². The molecule has 2 nitrogen and oxygen atoms in total. The number of nitrogens with one attached hydrogen (secondary N) is 1. The van der Waals surface area contributed by atoms with Crippen molar-refractivity contribution in [1.29, 1.82) is 0 Å². The summed E-state index contributed by atoms with van der Waals surface area (Å²) in [5.41, 5.74) is 0. The van der Waals surface area contributed by atoms with E-state index < -0.39 is 0 Å². The molecule has 0 saturated heterocycles. The van der Waals surface area contributed by atoms with E-state index in [1.807, 2.05) is 0 Å². The van der Waals surface area contributed by atoms with Gasteiger partial charge in [-0.1, -0.05) is 23.2 Å². The van der Waals surface area contributed by atoms with E-state index in [4.69, 9.17) is 34.8 Å². The number of alkyl halides is 1. The summed E-state index contributed by atoms with van der Waals surface area (Å²) in [5, 5.41) is 4.69. The van der Waals surface area contributed by atoms with Gasteiger partial charge >= 0.3 is 0 Å². The third-order valence-corrected chi connectivity index (χ3v) is 3.73. The van der Waals surface area contributed by atoms with Crippen LogP contribution < -0.4 is 5.32 Å². The molecule has 0 bridgehead atoms. The minimum atomic E-state index is 0.334. The normalized spacial score (nSPS) is 24.7. The molecule has 1 N–H and O–H groups in total. The highest BCUT2D eigenvalue weighted by molar-refractivity contribution is 6.35. The second-order valence-electron chi connectivity index (χ2n) is 4.14. The van der Waals surface area contributed by atoms with Crippen LogP contribution in [-0.4, -0.2) is 16.9 Å². The number of rotatable bonds is 3. The lowest BCUT2D eigenvalue weighted by molar-refractivity contribution is 0.579. The molecule has 2 atom stereocenters. The van der Waals surface area contributed by atoms with Gasteiger partial charge in [-0.25, -0.2) is 4.98 Å². The molecule has 1 aliphatic carbocycles. The molecular weight excluding hydrogens is 266 g/mol. The SMILES string of the molecule is Clc1cnc(NCC2CCC(Cl)C2)c(Cl)c1. The topological polar surface area (TPSA) is 24.9 Å². The van der Waals surface area contributed by atoms with Crippen LogP contribution in [0.15, 0.2) is 12.3 Å². The molecule has 0 aromatic carbocycles. The average molecular weight is 280 g/mol. The smallest absolute Gasteiger partial charge is 0.144 e. The van der Waals surface area contributed by atoms with Gasteiger partial charge in [-0.2, -0.15) is 0 Å². The molecule has 0 radical (unpaired) electrons. The molecule has 2 rings (SSSR count). The molecule has 0 amide bonds. The fourth-order valence-electron chi connectivity index (χ4n) is 1.98. The van der Waals surface area contributed by atoms with Crippen molar-refractivity contribution in [2.45, 2.75) is 24.6 Å². The minimum Gasteiger partial charge on any atom is -0.369 e. The molecule has 2 unspecified atom stereocenters. The van der Waals surface area contributed by atoms with Gasteiger partial charge < -0.3 is 5.32 Å². The van der Waals surface area contributed by atoms with Gasteiger partial charge in [-0.3, -0.25) is 0 Å². The number of halogens is 3. The summed E-state index contributed by atoms with van der Waals surface area (Å²) in [6.07, 6.45) is 4.94. The molecule has 1 aliphatic rings. The Morgan fingerprint density at radius 1 is 1.38 bits per heavy atom. The van der Waals surface area contributed by atoms with E-state index in [0.29, 0.717) is 27.2 Å². The van der Waals surface area contributed by atoms with E-state index in [1.54, 1.807) is 12.3 Å². The lowest BCUT2D eigenvalue weighted by atomic mass is 10.1. The van der Waals surface area contributed by atoms with Crippen molar-refractivity contribution in [1.82, 2.24) is 4.98 Å². The highest BCUT2D eigenvalue weighted by atomic mass is 35.5. The second kappa shape index (κ2) is 5.44. The van der Waals surface area contributed by atoms with Crippen LogP contribution in [0.4, 0.5) is 5.82 Å². The lowest BCUT2D eigenvalue weighted by Gasteiger charge is -2.12. The predicted octanol–water partition coefficient (Wildman–Crippen LogP) is 4.21. The van der Waals surface area contributed by atoms with Crippen LogP contribution in [0.3, 0.4) is 0 Å². The van der Waals surface area contributed by atoms with Crippen LogP contribution >= 0.6 is 34.8 Å². The largest absolute Gasteiger partial charge is 0.369 e. The van der Waals surface area contributed by atoms with Gasteiger partial charge in [-0.15, -0.1) is 11.6 Å². The van der Waals surface area contributed by atoms with Crippen molar-refractivity contribution >= 4 is 40.6 Å². The van der Waals surface area contributed by atoms with E-state index in [-0.39, 0.29) is 0 Å². The Labute approximate surface area is 110 Å². The zero-order chi connectivity index (χ0) is 11.5. The van der Waals surface area contributed by atoms with E-state index in [9.17, 15) is 0 Å². The first-order valence-electron chi connectivity index (χ1n) is 5.34. The Morgan fingerprint density at radius 3 is 2.81 bits per heavy atom. The first-order valence-corrected chi connectivity index (χ1v) is 6.53. The third-order valence-electron chi connectivity index (χ3n) is 2.84. The molecule has 88 valence electrons. The standard InChI is InChI=1S/C11H13Cl3N2/c12-8-2-1-7(3-8)5-15-11-10(14)4-9(13)6-16-11/h4,6-8H,1-3,5H2,(H,15,16). The quantitative estimate of drug-likeness (QED) is 0.839. The molecule has 0 spiro atoms. The summed E-state index contributed by atoms with van der Waals surface area (Å²) >= 11 is 17.8. The molecule has 1 heterocycles. The molecule has 1 aromatic rings. The first-order chi connectivity index (χ1) is 7.65. The van der Waals surface area contributed by atoms with Crippen LogP contribution in [0.25, 0.3) is 0 Å². The van der Waals surface area contributed by atoms with Gasteiger partial charge in [0.05, 0.1) is 10.0 Å². The van der Waals surface area contributed by atoms with Gasteiger partial charge in [0, 0.05) is 18.1 Å². The van der Waals surface area contributed by atoms with E-state index in [1.165, 1.54) is 6.42 Å².